The minimum atomic E-state index is -0.872. The number of rotatable bonds is 6. The lowest BCUT2D eigenvalue weighted by atomic mass is 9.80. The molecule has 1 aliphatic rings. The zero-order valence-corrected chi connectivity index (χ0v) is 12.8. The molecule has 1 fully saturated rings. The average Bonchev–Trinajstić information content (AvgIpc) is 2.26. The highest BCUT2D eigenvalue weighted by Gasteiger charge is 2.25. The summed E-state index contributed by atoms with van der Waals surface area (Å²) in [5.41, 5.74) is 0. The minimum Gasteiger partial charge on any atom is -0.481 e. The van der Waals surface area contributed by atoms with E-state index < -0.39 is 5.97 Å². The summed E-state index contributed by atoms with van der Waals surface area (Å²) in [4.78, 5) is 22.7. The van der Waals surface area contributed by atoms with Crippen molar-refractivity contribution in [1.82, 2.24) is 10.6 Å². The van der Waals surface area contributed by atoms with E-state index in [4.69, 9.17) is 5.11 Å². The highest BCUT2D eigenvalue weighted by molar-refractivity contribution is 5.76. The Morgan fingerprint density at radius 1 is 1.20 bits per heavy atom. The van der Waals surface area contributed by atoms with Crippen LogP contribution in [-0.2, 0) is 4.79 Å². The summed E-state index contributed by atoms with van der Waals surface area (Å²) in [5.74, 6) is 0.396. The van der Waals surface area contributed by atoms with E-state index in [-0.39, 0.29) is 24.5 Å². The van der Waals surface area contributed by atoms with Crippen molar-refractivity contribution in [1.29, 1.82) is 0 Å². The molecule has 116 valence electrons. The van der Waals surface area contributed by atoms with Gasteiger partial charge in [-0.2, -0.15) is 0 Å². The maximum atomic E-state index is 12.0. The zero-order chi connectivity index (χ0) is 15.1. The monoisotopic (exact) mass is 284 g/mol. The molecular formula is C15H28N2O3. The fourth-order valence-electron chi connectivity index (χ4n) is 3.26. The van der Waals surface area contributed by atoms with E-state index in [0.717, 1.165) is 19.3 Å². The molecule has 0 aromatic rings. The van der Waals surface area contributed by atoms with Crippen molar-refractivity contribution in [2.24, 2.45) is 11.8 Å². The van der Waals surface area contributed by atoms with Crippen LogP contribution >= 0.6 is 0 Å². The summed E-state index contributed by atoms with van der Waals surface area (Å²) in [6, 6.07) is -0.298. The maximum absolute atomic E-state index is 12.0. The van der Waals surface area contributed by atoms with Crippen molar-refractivity contribution >= 4 is 12.0 Å². The van der Waals surface area contributed by atoms with Gasteiger partial charge in [0.15, 0.2) is 0 Å². The number of carboxylic acid groups (broad SMARTS) is 1. The van der Waals surface area contributed by atoms with Gasteiger partial charge in [-0.15, -0.1) is 0 Å². The number of hydrogen-bond donors (Lipinski definition) is 3. The first kappa shape index (κ1) is 16.8. The number of urea groups is 1. The Labute approximate surface area is 121 Å². The molecule has 0 heterocycles. The molecule has 1 saturated carbocycles. The van der Waals surface area contributed by atoms with Gasteiger partial charge in [0.1, 0.15) is 0 Å². The molecule has 0 aromatic carbocycles. The number of aliphatic carboxylic acids is 1. The third-order valence-corrected chi connectivity index (χ3v) is 3.91. The summed E-state index contributed by atoms with van der Waals surface area (Å²) in [5, 5.41) is 14.6. The van der Waals surface area contributed by atoms with E-state index in [1.54, 1.807) is 0 Å². The Balaban J connectivity index is 2.42. The number of carboxylic acids is 1. The van der Waals surface area contributed by atoms with Crippen molar-refractivity contribution in [2.75, 3.05) is 0 Å². The highest BCUT2D eigenvalue weighted by Crippen LogP contribution is 2.28. The van der Waals surface area contributed by atoms with E-state index in [0.29, 0.717) is 18.3 Å². The van der Waals surface area contributed by atoms with Crippen LogP contribution in [0.2, 0.25) is 0 Å². The van der Waals surface area contributed by atoms with E-state index in [9.17, 15) is 9.59 Å². The smallest absolute Gasteiger partial charge is 0.315 e. The van der Waals surface area contributed by atoms with Crippen LogP contribution in [0.4, 0.5) is 4.79 Å². The van der Waals surface area contributed by atoms with Gasteiger partial charge in [0.25, 0.3) is 0 Å². The van der Waals surface area contributed by atoms with Crippen LogP contribution in [0.15, 0.2) is 0 Å². The van der Waals surface area contributed by atoms with Crippen LogP contribution in [0.25, 0.3) is 0 Å². The van der Waals surface area contributed by atoms with Crippen LogP contribution in [-0.4, -0.2) is 29.2 Å². The molecule has 20 heavy (non-hydrogen) atoms. The first-order valence-corrected chi connectivity index (χ1v) is 7.69. The molecule has 0 bridgehead atoms. The summed E-state index contributed by atoms with van der Waals surface area (Å²) >= 11 is 0. The third kappa shape index (κ3) is 6.26. The van der Waals surface area contributed by atoms with Gasteiger partial charge in [-0.3, -0.25) is 4.79 Å². The van der Waals surface area contributed by atoms with Crippen LogP contribution in [0.1, 0.15) is 59.3 Å². The summed E-state index contributed by atoms with van der Waals surface area (Å²) < 4.78 is 0. The molecule has 0 saturated heterocycles. The van der Waals surface area contributed by atoms with Crippen LogP contribution in [0, 0.1) is 11.8 Å². The van der Waals surface area contributed by atoms with Gasteiger partial charge < -0.3 is 15.7 Å². The zero-order valence-electron chi connectivity index (χ0n) is 12.8. The fraction of sp³-hybridized carbons (Fsp3) is 0.867. The van der Waals surface area contributed by atoms with Gasteiger partial charge in [0.2, 0.25) is 0 Å². The average molecular weight is 284 g/mol. The second-order valence-corrected chi connectivity index (χ2v) is 6.32. The topological polar surface area (TPSA) is 78.4 Å². The number of nitrogens with one attached hydrogen (secondary N) is 2. The van der Waals surface area contributed by atoms with E-state index in [2.05, 4.69) is 24.5 Å². The second-order valence-electron chi connectivity index (χ2n) is 6.32. The van der Waals surface area contributed by atoms with Gasteiger partial charge >= 0.3 is 12.0 Å². The molecule has 0 spiro atoms. The van der Waals surface area contributed by atoms with Gasteiger partial charge in [0.05, 0.1) is 6.42 Å². The number of amides is 2. The summed E-state index contributed by atoms with van der Waals surface area (Å²) in [6.45, 7) is 6.41. The van der Waals surface area contributed by atoms with Gasteiger partial charge in [-0.05, 0) is 37.5 Å². The lowest BCUT2D eigenvalue weighted by molar-refractivity contribution is -0.137. The van der Waals surface area contributed by atoms with E-state index >= 15 is 0 Å². The molecule has 2 amide bonds. The van der Waals surface area contributed by atoms with Crippen LogP contribution < -0.4 is 10.6 Å². The molecule has 3 N–H and O–H groups in total. The molecule has 5 heteroatoms. The molecule has 5 nitrogen and oxygen atoms in total. The SMILES string of the molecule is CCCC(CC(=O)O)NC(=O)NC1CC(C)CC(C)C1. The lowest BCUT2D eigenvalue weighted by Gasteiger charge is -2.32. The number of carbonyl (C=O) groups excluding carboxylic acids is 1. The highest BCUT2D eigenvalue weighted by atomic mass is 16.4. The largest absolute Gasteiger partial charge is 0.481 e. The van der Waals surface area contributed by atoms with Gasteiger partial charge in [-0.1, -0.05) is 27.2 Å². The van der Waals surface area contributed by atoms with Crippen LogP contribution in [0.5, 0.6) is 0 Å². The fourth-order valence-corrected chi connectivity index (χ4v) is 3.26. The van der Waals surface area contributed by atoms with Gasteiger partial charge in [0, 0.05) is 12.1 Å². The standard InChI is InChI=1S/C15H28N2O3/c1-4-5-12(9-14(18)19)16-15(20)17-13-7-10(2)6-11(3)8-13/h10-13H,4-9H2,1-3H3,(H,18,19)(H2,16,17,20). The Bertz CT molecular complexity index is 323. The molecule has 3 unspecified atom stereocenters. The van der Waals surface area contributed by atoms with Gasteiger partial charge in [-0.25, -0.2) is 4.79 Å². The van der Waals surface area contributed by atoms with Crippen molar-refractivity contribution in [3.63, 3.8) is 0 Å². The van der Waals surface area contributed by atoms with E-state index in [1.807, 2.05) is 6.92 Å². The molecular weight excluding hydrogens is 256 g/mol. The lowest BCUT2D eigenvalue weighted by Crippen LogP contribution is -2.48. The maximum Gasteiger partial charge on any atom is 0.315 e. The Kier molecular flexibility index (Phi) is 6.82. The molecule has 1 aliphatic carbocycles. The Morgan fingerprint density at radius 2 is 1.80 bits per heavy atom. The molecule has 1 rings (SSSR count). The molecule has 0 aromatic heterocycles. The third-order valence-electron chi connectivity index (χ3n) is 3.91. The summed E-state index contributed by atoms with van der Waals surface area (Å²) in [6.07, 6.45) is 4.77. The van der Waals surface area contributed by atoms with Crippen molar-refractivity contribution in [3.05, 3.63) is 0 Å². The predicted octanol–water partition coefficient (Wildman–Crippen LogP) is 2.75. The second kappa shape index (κ2) is 8.12. The quantitative estimate of drug-likeness (QED) is 0.701. The molecule has 0 aliphatic heterocycles. The van der Waals surface area contributed by atoms with Crippen molar-refractivity contribution in [2.45, 2.75) is 71.4 Å². The predicted molar refractivity (Wildman–Crippen MR) is 78.6 cm³/mol. The number of hydrogen-bond acceptors (Lipinski definition) is 2. The Morgan fingerprint density at radius 3 is 2.30 bits per heavy atom. The van der Waals surface area contributed by atoms with Crippen molar-refractivity contribution in [3.8, 4) is 0 Å². The Hall–Kier alpha value is -1.26. The summed E-state index contributed by atoms with van der Waals surface area (Å²) in [7, 11) is 0. The first-order chi connectivity index (χ1) is 9.40. The van der Waals surface area contributed by atoms with Crippen molar-refractivity contribution < 1.29 is 14.7 Å². The molecule has 0 radical (unpaired) electrons. The normalized spacial score (nSPS) is 27.6. The first-order valence-electron chi connectivity index (χ1n) is 7.69. The molecule has 3 atom stereocenters. The minimum absolute atomic E-state index is 0.0151. The number of carbonyl (C=O) groups is 2. The van der Waals surface area contributed by atoms with E-state index in [1.165, 1.54) is 6.42 Å². The van der Waals surface area contributed by atoms with Crippen LogP contribution in [0.3, 0.4) is 0 Å².